The molecule has 0 spiro atoms. The van der Waals surface area contributed by atoms with E-state index in [1.54, 1.807) is 11.3 Å². The highest BCUT2D eigenvalue weighted by Crippen LogP contribution is 2.16. The lowest BCUT2D eigenvalue weighted by Gasteiger charge is -2.16. The van der Waals surface area contributed by atoms with Crippen LogP contribution in [0.15, 0.2) is 6.20 Å². The minimum atomic E-state index is -0.112. The predicted molar refractivity (Wildman–Crippen MR) is 48.8 cm³/mol. The van der Waals surface area contributed by atoms with Gasteiger partial charge in [0.15, 0.2) is 0 Å². The van der Waals surface area contributed by atoms with E-state index in [4.69, 9.17) is 5.73 Å². The molecule has 0 fully saturated rings. The first kappa shape index (κ1) is 8.68. The van der Waals surface area contributed by atoms with Gasteiger partial charge in [0.25, 0.3) is 0 Å². The van der Waals surface area contributed by atoms with E-state index in [1.165, 1.54) is 4.88 Å². The molecule has 0 aliphatic rings. The Morgan fingerprint density at radius 2 is 2.27 bits per heavy atom. The molecule has 1 aromatic heterocycles. The van der Waals surface area contributed by atoms with Crippen LogP contribution in [-0.2, 0) is 6.42 Å². The van der Waals surface area contributed by atoms with Crippen LogP contribution >= 0.6 is 11.3 Å². The van der Waals surface area contributed by atoms with E-state index in [1.807, 2.05) is 27.0 Å². The Morgan fingerprint density at radius 1 is 1.64 bits per heavy atom. The van der Waals surface area contributed by atoms with E-state index in [9.17, 15) is 0 Å². The van der Waals surface area contributed by atoms with Crippen LogP contribution in [-0.4, -0.2) is 10.5 Å². The van der Waals surface area contributed by atoms with E-state index < -0.39 is 0 Å². The first-order chi connectivity index (χ1) is 4.97. The average molecular weight is 170 g/mol. The first-order valence-corrected chi connectivity index (χ1v) is 4.49. The number of nitrogens with zero attached hydrogens (tertiary/aromatic N) is 1. The molecule has 3 heteroatoms. The van der Waals surface area contributed by atoms with Gasteiger partial charge in [0.05, 0.1) is 5.01 Å². The second-order valence-corrected chi connectivity index (χ2v) is 4.83. The molecule has 0 aliphatic carbocycles. The molecule has 11 heavy (non-hydrogen) atoms. The zero-order valence-electron chi connectivity index (χ0n) is 7.22. The van der Waals surface area contributed by atoms with Crippen molar-refractivity contribution in [3.05, 3.63) is 16.1 Å². The highest BCUT2D eigenvalue weighted by atomic mass is 32.1. The van der Waals surface area contributed by atoms with Crippen molar-refractivity contribution in [3.63, 3.8) is 0 Å². The summed E-state index contributed by atoms with van der Waals surface area (Å²) in [6, 6.07) is 0. The van der Waals surface area contributed by atoms with Gasteiger partial charge in [-0.1, -0.05) is 0 Å². The molecular weight excluding hydrogens is 156 g/mol. The fourth-order valence-electron chi connectivity index (χ4n) is 0.936. The predicted octanol–water partition coefficient (Wildman–Crippen LogP) is 1.73. The zero-order valence-corrected chi connectivity index (χ0v) is 8.03. The van der Waals surface area contributed by atoms with Gasteiger partial charge in [-0.3, -0.25) is 0 Å². The summed E-state index contributed by atoms with van der Waals surface area (Å²) >= 11 is 1.72. The molecule has 62 valence electrons. The van der Waals surface area contributed by atoms with Crippen LogP contribution in [0.25, 0.3) is 0 Å². The summed E-state index contributed by atoms with van der Waals surface area (Å²) in [5, 5.41) is 1.12. The minimum absolute atomic E-state index is 0.112. The van der Waals surface area contributed by atoms with Crippen molar-refractivity contribution < 1.29 is 0 Å². The molecule has 0 bridgehead atoms. The summed E-state index contributed by atoms with van der Waals surface area (Å²) in [6.07, 6.45) is 2.83. The summed E-state index contributed by atoms with van der Waals surface area (Å²) in [7, 11) is 0. The second kappa shape index (κ2) is 2.91. The summed E-state index contributed by atoms with van der Waals surface area (Å²) in [5.41, 5.74) is 5.74. The second-order valence-electron chi connectivity index (χ2n) is 3.51. The van der Waals surface area contributed by atoms with Crippen molar-refractivity contribution in [2.75, 3.05) is 0 Å². The number of aryl methyl sites for hydroxylation is 1. The topological polar surface area (TPSA) is 38.9 Å². The number of nitrogens with two attached hydrogens (primary N) is 1. The Morgan fingerprint density at radius 3 is 2.64 bits per heavy atom. The molecule has 0 saturated heterocycles. The lowest BCUT2D eigenvalue weighted by molar-refractivity contribution is 0.520. The van der Waals surface area contributed by atoms with Crippen LogP contribution in [0.5, 0.6) is 0 Å². The summed E-state index contributed by atoms with van der Waals surface area (Å²) in [4.78, 5) is 5.44. The Balaban J connectivity index is 2.65. The SMILES string of the molecule is Cc1ncc(CC(C)(C)N)s1. The van der Waals surface area contributed by atoms with Crippen LogP contribution in [0.2, 0.25) is 0 Å². The van der Waals surface area contributed by atoms with E-state index in [-0.39, 0.29) is 5.54 Å². The van der Waals surface area contributed by atoms with E-state index >= 15 is 0 Å². The molecule has 0 unspecified atom stereocenters. The standard InChI is InChI=1S/C8H14N2S/c1-6-10-5-7(11-6)4-8(2,3)9/h5H,4,9H2,1-3H3. The monoisotopic (exact) mass is 170 g/mol. The summed E-state index contributed by atoms with van der Waals surface area (Å²) < 4.78 is 0. The molecule has 0 aromatic carbocycles. The minimum Gasteiger partial charge on any atom is -0.325 e. The Kier molecular flexibility index (Phi) is 2.30. The molecule has 0 aliphatic heterocycles. The van der Waals surface area contributed by atoms with Gasteiger partial charge < -0.3 is 5.73 Å². The molecule has 0 radical (unpaired) electrons. The quantitative estimate of drug-likeness (QED) is 0.734. The van der Waals surface area contributed by atoms with Gasteiger partial charge in [-0.15, -0.1) is 11.3 Å². The number of thiazole rings is 1. The summed E-state index contributed by atoms with van der Waals surface area (Å²) in [5.74, 6) is 0. The van der Waals surface area contributed by atoms with Crippen molar-refractivity contribution in [3.8, 4) is 0 Å². The number of aromatic nitrogens is 1. The Hall–Kier alpha value is -0.410. The number of hydrogen-bond acceptors (Lipinski definition) is 3. The van der Waals surface area contributed by atoms with Crippen LogP contribution in [0.1, 0.15) is 23.7 Å². The van der Waals surface area contributed by atoms with Crippen molar-refractivity contribution >= 4 is 11.3 Å². The lowest BCUT2D eigenvalue weighted by atomic mass is 10.0. The van der Waals surface area contributed by atoms with E-state index in [2.05, 4.69) is 4.98 Å². The molecule has 1 heterocycles. The molecule has 0 atom stereocenters. The molecular formula is C8H14N2S. The fraction of sp³-hybridized carbons (Fsp3) is 0.625. The fourth-order valence-corrected chi connectivity index (χ4v) is 1.97. The maximum absolute atomic E-state index is 5.86. The third-order valence-electron chi connectivity index (χ3n) is 1.30. The van der Waals surface area contributed by atoms with E-state index in [0.29, 0.717) is 0 Å². The number of hydrogen-bond donors (Lipinski definition) is 1. The van der Waals surface area contributed by atoms with Crippen molar-refractivity contribution in [1.82, 2.24) is 4.98 Å². The first-order valence-electron chi connectivity index (χ1n) is 3.67. The van der Waals surface area contributed by atoms with Gasteiger partial charge in [0.1, 0.15) is 0 Å². The average Bonchev–Trinajstić information content (AvgIpc) is 2.10. The summed E-state index contributed by atoms with van der Waals surface area (Å²) in [6.45, 7) is 6.07. The van der Waals surface area contributed by atoms with Crippen molar-refractivity contribution in [2.45, 2.75) is 32.7 Å². The van der Waals surface area contributed by atoms with Crippen molar-refractivity contribution in [2.24, 2.45) is 5.73 Å². The maximum atomic E-state index is 5.86. The third kappa shape index (κ3) is 2.99. The van der Waals surface area contributed by atoms with Crippen LogP contribution in [0.4, 0.5) is 0 Å². The van der Waals surface area contributed by atoms with Crippen molar-refractivity contribution in [1.29, 1.82) is 0 Å². The van der Waals surface area contributed by atoms with Gasteiger partial charge in [-0.25, -0.2) is 4.98 Å². The normalized spacial score (nSPS) is 12.0. The highest BCUT2D eigenvalue weighted by molar-refractivity contribution is 7.11. The maximum Gasteiger partial charge on any atom is 0.0896 e. The highest BCUT2D eigenvalue weighted by Gasteiger charge is 2.12. The smallest absolute Gasteiger partial charge is 0.0896 e. The molecule has 1 rings (SSSR count). The van der Waals surface area contributed by atoms with Gasteiger partial charge in [0, 0.05) is 23.0 Å². The Labute approximate surface area is 71.5 Å². The molecule has 0 saturated carbocycles. The third-order valence-corrected chi connectivity index (χ3v) is 2.21. The van der Waals surface area contributed by atoms with Gasteiger partial charge in [-0.2, -0.15) is 0 Å². The lowest BCUT2D eigenvalue weighted by Crippen LogP contribution is -2.33. The molecule has 1 aromatic rings. The number of rotatable bonds is 2. The van der Waals surface area contributed by atoms with Gasteiger partial charge in [0.2, 0.25) is 0 Å². The van der Waals surface area contributed by atoms with E-state index in [0.717, 1.165) is 11.4 Å². The van der Waals surface area contributed by atoms with Gasteiger partial charge >= 0.3 is 0 Å². The molecule has 2 N–H and O–H groups in total. The molecule has 0 amide bonds. The molecule has 2 nitrogen and oxygen atoms in total. The van der Waals surface area contributed by atoms with Crippen LogP contribution in [0.3, 0.4) is 0 Å². The zero-order chi connectivity index (χ0) is 8.48. The van der Waals surface area contributed by atoms with Gasteiger partial charge in [-0.05, 0) is 20.8 Å². The van der Waals surface area contributed by atoms with Crippen LogP contribution < -0.4 is 5.73 Å². The van der Waals surface area contributed by atoms with Crippen LogP contribution in [0, 0.1) is 6.92 Å². The Bertz CT molecular complexity index is 234. The largest absolute Gasteiger partial charge is 0.325 e.